The van der Waals surface area contributed by atoms with Gasteiger partial charge in [0.1, 0.15) is 5.00 Å². The summed E-state index contributed by atoms with van der Waals surface area (Å²) in [5.41, 5.74) is 1.46. The van der Waals surface area contributed by atoms with Crippen LogP contribution >= 0.6 is 11.3 Å². The van der Waals surface area contributed by atoms with E-state index in [9.17, 15) is 14.4 Å². The van der Waals surface area contributed by atoms with Gasteiger partial charge in [-0.05, 0) is 37.7 Å². The first-order chi connectivity index (χ1) is 10.9. The fourth-order valence-corrected chi connectivity index (χ4v) is 4.07. The Balaban J connectivity index is 2.12. The van der Waals surface area contributed by atoms with Gasteiger partial charge in [-0.25, -0.2) is 4.79 Å². The van der Waals surface area contributed by atoms with Crippen LogP contribution in [-0.2, 0) is 27.2 Å². The zero-order valence-corrected chi connectivity index (χ0v) is 14.1. The predicted molar refractivity (Wildman–Crippen MR) is 87.0 cm³/mol. The van der Waals surface area contributed by atoms with Crippen molar-refractivity contribution in [3.63, 3.8) is 0 Å². The summed E-state index contributed by atoms with van der Waals surface area (Å²) in [6, 6.07) is 0. The lowest BCUT2D eigenvalue weighted by molar-refractivity contribution is -0.138. The third-order valence-corrected chi connectivity index (χ3v) is 4.92. The number of hydrogen-bond donors (Lipinski definition) is 2. The van der Waals surface area contributed by atoms with Crippen molar-refractivity contribution >= 4 is 34.2 Å². The Morgan fingerprint density at radius 3 is 2.70 bits per heavy atom. The van der Waals surface area contributed by atoms with Gasteiger partial charge in [0.2, 0.25) is 5.91 Å². The number of esters is 1. The van der Waals surface area contributed by atoms with Crippen LogP contribution in [0.4, 0.5) is 5.00 Å². The first-order valence-corrected chi connectivity index (χ1v) is 8.57. The van der Waals surface area contributed by atoms with Crippen molar-refractivity contribution in [2.24, 2.45) is 5.92 Å². The van der Waals surface area contributed by atoms with Crippen LogP contribution in [0.25, 0.3) is 0 Å². The summed E-state index contributed by atoms with van der Waals surface area (Å²) in [7, 11) is 0. The van der Waals surface area contributed by atoms with Crippen molar-refractivity contribution in [1.29, 1.82) is 0 Å². The number of carbonyl (C=O) groups is 3. The first-order valence-electron chi connectivity index (χ1n) is 7.75. The minimum atomic E-state index is -0.924. The topological polar surface area (TPSA) is 92.7 Å². The van der Waals surface area contributed by atoms with Crippen LogP contribution in [0.15, 0.2) is 0 Å². The van der Waals surface area contributed by atoms with Crippen molar-refractivity contribution in [3.8, 4) is 0 Å². The molecule has 7 heteroatoms. The van der Waals surface area contributed by atoms with Crippen LogP contribution in [0.1, 0.15) is 53.9 Å². The Labute approximate surface area is 138 Å². The maximum Gasteiger partial charge on any atom is 0.341 e. The quantitative estimate of drug-likeness (QED) is 0.745. The average molecular weight is 339 g/mol. The van der Waals surface area contributed by atoms with Crippen LogP contribution in [0, 0.1) is 5.92 Å². The van der Waals surface area contributed by atoms with E-state index in [2.05, 4.69) is 5.32 Å². The van der Waals surface area contributed by atoms with E-state index in [-0.39, 0.29) is 31.3 Å². The second-order valence-electron chi connectivity index (χ2n) is 5.74. The molecule has 6 nitrogen and oxygen atoms in total. The van der Waals surface area contributed by atoms with E-state index >= 15 is 0 Å². The highest BCUT2D eigenvalue weighted by Gasteiger charge is 2.28. The second-order valence-corrected chi connectivity index (χ2v) is 6.84. The van der Waals surface area contributed by atoms with Crippen molar-refractivity contribution in [2.75, 3.05) is 11.9 Å². The highest BCUT2D eigenvalue weighted by atomic mass is 32.1. The summed E-state index contributed by atoms with van der Waals surface area (Å²) in [5.74, 6) is -1.86. The number of carboxylic acid groups (broad SMARTS) is 1. The van der Waals surface area contributed by atoms with Crippen LogP contribution in [-0.4, -0.2) is 29.6 Å². The molecule has 0 spiro atoms. The fourth-order valence-electron chi connectivity index (χ4n) is 2.78. The van der Waals surface area contributed by atoms with Crippen molar-refractivity contribution in [1.82, 2.24) is 0 Å². The standard InChI is InChI=1S/C16H21NO5S/c1-3-22-16(21)14-10-5-4-6-11(10)23-15(14)17-12(18)7-9(2)8-13(19)20/h9H,3-8H2,1-2H3,(H,17,18)(H,19,20)/t9-/m1/s1. The molecule has 2 rings (SSSR count). The van der Waals surface area contributed by atoms with E-state index < -0.39 is 11.9 Å². The number of nitrogens with one attached hydrogen (secondary N) is 1. The lowest BCUT2D eigenvalue weighted by atomic mass is 10.0. The molecule has 1 aliphatic carbocycles. The summed E-state index contributed by atoms with van der Waals surface area (Å²) < 4.78 is 5.11. The van der Waals surface area contributed by atoms with Crippen LogP contribution < -0.4 is 5.32 Å². The summed E-state index contributed by atoms with van der Waals surface area (Å²) in [5, 5.41) is 12.0. The first kappa shape index (κ1) is 17.5. The van der Waals surface area contributed by atoms with Gasteiger partial charge in [0.05, 0.1) is 12.2 Å². The molecule has 0 unspecified atom stereocenters. The van der Waals surface area contributed by atoms with Gasteiger partial charge >= 0.3 is 11.9 Å². The monoisotopic (exact) mass is 339 g/mol. The normalized spacial score (nSPS) is 14.2. The Kier molecular flexibility index (Phi) is 5.76. The Bertz CT molecular complexity index is 622. The number of aryl methyl sites for hydroxylation is 1. The van der Waals surface area contributed by atoms with Crippen LogP contribution in [0.2, 0.25) is 0 Å². The molecule has 0 aromatic carbocycles. The molecule has 0 radical (unpaired) electrons. The molecule has 1 aromatic rings. The molecule has 0 bridgehead atoms. The maximum atomic E-state index is 12.2. The largest absolute Gasteiger partial charge is 0.481 e. The number of anilines is 1. The van der Waals surface area contributed by atoms with Crippen molar-refractivity contribution in [2.45, 2.75) is 46.0 Å². The third-order valence-electron chi connectivity index (χ3n) is 3.71. The Hall–Kier alpha value is -1.89. The minimum Gasteiger partial charge on any atom is -0.481 e. The number of carbonyl (C=O) groups excluding carboxylic acids is 2. The van der Waals surface area contributed by atoms with Gasteiger partial charge in [-0.1, -0.05) is 6.92 Å². The molecule has 1 aliphatic rings. The van der Waals surface area contributed by atoms with Crippen molar-refractivity contribution in [3.05, 3.63) is 16.0 Å². The van der Waals surface area contributed by atoms with Gasteiger partial charge < -0.3 is 15.2 Å². The molecule has 23 heavy (non-hydrogen) atoms. The number of fused-ring (bicyclic) bond motifs is 1. The maximum absolute atomic E-state index is 12.2. The van der Waals surface area contributed by atoms with E-state index in [0.717, 1.165) is 29.7 Å². The molecule has 1 heterocycles. The van der Waals surface area contributed by atoms with Gasteiger partial charge in [-0.3, -0.25) is 9.59 Å². The Morgan fingerprint density at radius 1 is 1.30 bits per heavy atom. The van der Waals surface area contributed by atoms with Gasteiger partial charge in [0.25, 0.3) is 0 Å². The summed E-state index contributed by atoms with van der Waals surface area (Å²) in [6.45, 7) is 3.75. The predicted octanol–water partition coefficient (Wildman–Crippen LogP) is 2.85. The molecule has 1 amide bonds. The third kappa shape index (κ3) is 4.31. The van der Waals surface area contributed by atoms with E-state index in [1.54, 1.807) is 13.8 Å². The van der Waals surface area contributed by atoms with Crippen LogP contribution in [0.3, 0.4) is 0 Å². The van der Waals surface area contributed by atoms with Crippen LogP contribution in [0.5, 0.6) is 0 Å². The SMILES string of the molecule is CCOC(=O)c1c(NC(=O)C[C@@H](C)CC(=O)O)sc2c1CCC2. The molecular formula is C16H21NO5S. The number of carboxylic acids is 1. The molecule has 0 aliphatic heterocycles. The van der Waals surface area contributed by atoms with Crippen molar-refractivity contribution < 1.29 is 24.2 Å². The zero-order chi connectivity index (χ0) is 17.0. The molecule has 0 fully saturated rings. The molecule has 0 saturated heterocycles. The summed E-state index contributed by atoms with van der Waals surface area (Å²) >= 11 is 1.42. The Morgan fingerprint density at radius 2 is 2.04 bits per heavy atom. The summed E-state index contributed by atoms with van der Waals surface area (Å²) in [4.78, 5) is 36.1. The second kappa shape index (κ2) is 7.59. The average Bonchev–Trinajstić information content (AvgIpc) is 2.97. The van der Waals surface area contributed by atoms with E-state index in [0.29, 0.717) is 10.6 Å². The number of rotatable bonds is 7. The van der Waals surface area contributed by atoms with Gasteiger partial charge in [0, 0.05) is 17.7 Å². The van der Waals surface area contributed by atoms with E-state index in [4.69, 9.17) is 9.84 Å². The molecule has 1 atom stereocenters. The number of hydrogen-bond acceptors (Lipinski definition) is 5. The highest BCUT2D eigenvalue weighted by Crippen LogP contribution is 2.39. The van der Waals surface area contributed by atoms with E-state index in [1.807, 2.05) is 0 Å². The highest BCUT2D eigenvalue weighted by molar-refractivity contribution is 7.17. The lowest BCUT2D eigenvalue weighted by Crippen LogP contribution is -2.18. The minimum absolute atomic E-state index is 0.0565. The molecule has 1 aromatic heterocycles. The number of ether oxygens (including phenoxy) is 1. The molecule has 2 N–H and O–H groups in total. The van der Waals surface area contributed by atoms with E-state index in [1.165, 1.54) is 11.3 Å². The number of amides is 1. The fraction of sp³-hybridized carbons (Fsp3) is 0.562. The lowest BCUT2D eigenvalue weighted by Gasteiger charge is -2.10. The zero-order valence-electron chi connectivity index (χ0n) is 13.3. The molecule has 0 saturated carbocycles. The van der Waals surface area contributed by atoms with Gasteiger partial charge in [-0.2, -0.15) is 0 Å². The smallest absolute Gasteiger partial charge is 0.341 e. The molecular weight excluding hydrogens is 318 g/mol. The number of aliphatic carboxylic acids is 1. The van der Waals surface area contributed by atoms with Gasteiger partial charge in [0.15, 0.2) is 0 Å². The van der Waals surface area contributed by atoms with Gasteiger partial charge in [-0.15, -0.1) is 11.3 Å². The summed E-state index contributed by atoms with van der Waals surface area (Å²) in [6.07, 6.45) is 2.80. The molecule has 126 valence electrons. The number of thiophene rings is 1.